The summed E-state index contributed by atoms with van der Waals surface area (Å²) in [5.41, 5.74) is 0.768. The molecule has 0 saturated heterocycles. The van der Waals surface area contributed by atoms with Gasteiger partial charge in [-0.25, -0.2) is 0 Å². The molecule has 2 rings (SSSR count). The molecule has 0 aromatic carbocycles. The Labute approximate surface area is 143 Å². The van der Waals surface area contributed by atoms with Crippen LogP contribution >= 0.6 is 0 Å². The lowest BCUT2D eigenvalue weighted by Crippen LogP contribution is -2.46. The van der Waals surface area contributed by atoms with Gasteiger partial charge in [0.2, 0.25) is 0 Å². The smallest absolute Gasteiger partial charge is 0.171 e. The number of fused-ring (bicyclic) bond motifs is 1. The van der Waals surface area contributed by atoms with Crippen LogP contribution < -0.4 is 0 Å². The van der Waals surface area contributed by atoms with Crippen molar-refractivity contribution in [1.29, 1.82) is 0 Å². The van der Waals surface area contributed by atoms with Crippen molar-refractivity contribution in [3.63, 3.8) is 0 Å². The Morgan fingerprint density at radius 3 is 2.50 bits per heavy atom. The van der Waals surface area contributed by atoms with Crippen molar-refractivity contribution in [2.45, 2.75) is 46.1 Å². The molecule has 0 amide bonds. The normalized spacial score (nSPS) is 26.6. The molecule has 0 radical (unpaired) electrons. The molecule has 0 heterocycles. The Kier molecular flexibility index (Phi) is 4.90. The van der Waals surface area contributed by atoms with E-state index in [4.69, 9.17) is 0 Å². The maximum atomic E-state index is 11.9. The SMILES string of the molecule is C=C(C)C(=O)CC[C@@H]1C(C)=CC=C2C=C(C(C)C)C(O)=C(O)[C@@]21O. The summed E-state index contributed by atoms with van der Waals surface area (Å²) >= 11 is 0. The highest BCUT2D eigenvalue weighted by Crippen LogP contribution is 2.47. The summed E-state index contributed by atoms with van der Waals surface area (Å²) in [5.74, 6) is -1.24. The maximum Gasteiger partial charge on any atom is 0.171 e. The number of aliphatic hydroxyl groups excluding tert-OH is 2. The highest BCUT2D eigenvalue weighted by Gasteiger charge is 2.49. The lowest BCUT2D eigenvalue weighted by Gasteiger charge is -2.42. The molecule has 3 N–H and O–H groups in total. The summed E-state index contributed by atoms with van der Waals surface area (Å²) in [6.07, 6.45) is 5.98. The molecule has 0 unspecified atom stereocenters. The summed E-state index contributed by atoms with van der Waals surface area (Å²) in [5, 5.41) is 32.2. The van der Waals surface area contributed by atoms with Crippen molar-refractivity contribution in [1.82, 2.24) is 0 Å². The first-order chi connectivity index (χ1) is 11.1. The van der Waals surface area contributed by atoms with Crippen LogP contribution in [0.2, 0.25) is 0 Å². The van der Waals surface area contributed by atoms with Crippen LogP contribution in [0, 0.1) is 11.8 Å². The topological polar surface area (TPSA) is 77.8 Å². The number of hydrogen-bond donors (Lipinski definition) is 3. The predicted octanol–water partition coefficient (Wildman–Crippen LogP) is 4.07. The molecule has 0 aromatic heterocycles. The first-order valence-electron chi connectivity index (χ1n) is 8.25. The summed E-state index contributed by atoms with van der Waals surface area (Å²) in [7, 11) is 0. The van der Waals surface area contributed by atoms with E-state index >= 15 is 0 Å². The van der Waals surface area contributed by atoms with Gasteiger partial charge in [0.25, 0.3) is 0 Å². The zero-order chi connectivity index (χ0) is 18.2. The number of aliphatic hydroxyl groups is 3. The van der Waals surface area contributed by atoms with Gasteiger partial charge < -0.3 is 15.3 Å². The van der Waals surface area contributed by atoms with Gasteiger partial charge >= 0.3 is 0 Å². The minimum Gasteiger partial charge on any atom is -0.506 e. The van der Waals surface area contributed by atoms with Gasteiger partial charge in [0.1, 0.15) is 0 Å². The van der Waals surface area contributed by atoms with Gasteiger partial charge in [0.05, 0.1) is 0 Å². The van der Waals surface area contributed by atoms with E-state index in [0.717, 1.165) is 5.57 Å². The standard InChI is InChI=1S/C20H26O4/c1-11(2)15-10-14-7-6-13(5)16(8-9-17(21)12(3)4)20(14,24)19(23)18(15)22/h6-7,10-11,16,22-24H,3,8-9H2,1-2,4-5H3/t16-,20-/m1/s1. The Morgan fingerprint density at radius 1 is 1.33 bits per heavy atom. The average Bonchev–Trinajstić information content (AvgIpc) is 2.50. The molecule has 4 heteroatoms. The van der Waals surface area contributed by atoms with E-state index < -0.39 is 17.3 Å². The number of rotatable bonds is 5. The van der Waals surface area contributed by atoms with Crippen LogP contribution in [0.5, 0.6) is 0 Å². The molecule has 2 atom stereocenters. The third-order valence-corrected chi connectivity index (χ3v) is 4.95. The fourth-order valence-electron chi connectivity index (χ4n) is 3.37. The lowest BCUT2D eigenvalue weighted by molar-refractivity contribution is -0.116. The average molecular weight is 330 g/mol. The number of allylic oxidation sites excluding steroid dienone is 4. The van der Waals surface area contributed by atoms with Gasteiger partial charge in [-0.3, -0.25) is 4.79 Å². The van der Waals surface area contributed by atoms with E-state index in [-0.39, 0.29) is 23.9 Å². The van der Waals surface area contributed by atoms with Crippen molar-refractivity contribution in [3.05, 3.63) is 58.6 Å². The van der Waals surface area contributed by atoms with Gasteiger partial charge in [0, 0.05) is 17.9 Å². The molecule has 0 aliphatic heterocycles. The highest BCUT2D eigenvalue weighted by atomic mass is 16.4. The van der Waals surface area contributed by atoms with E-state index in [9.17, 15) is 20.1 Å². The molecule has 130 valence electrons. The largest absolute Gasteiger partial charge is 0.506 e. The van der Waals surface area contributed by atoms with Crippen LogP contribution in [-0.4, -0.2) is 26.7 Å². The van der Waals surface area contributed by atoms with Crippen LogP contribution in [0.15, 0.2) is 58.6 Å². The Morgan fingerprint density at radius 2 is 1.96 bits per heavy atom. The Bertz CT molecular complexity index is 703. The van der Waals surface area contributed by atoms with E-state index in [1.807, 2.05) is 26.8 Å². The zero-order valence-corrected chi connectivity index (χ0v) is 14.8. The van der Waals surface area contributed by atoms with Gasteiger partial charge in [0.15, 0.2) is 22.9 Å². The number of carbonyl (C=O) groups is 1. The Hall–Kier alpha value is -2.07. The molecule has 0 bridgehead atoms. The molecule has 0 aromatic rings. The van der Waals surface area contributed by atoms with Crippen LogP contribution in [0.25, 0.3) is 0 Å². The van der Waals surface area contributed by atoms with Crippen LogP contribution in [0.3, 0.4) is 0 Å². The van der Waals surface area contributed by atoms with Crippen LogP contribution in [-0.2, 0) is 4.79 Å². The number of hydrogen-bond acceptors (Lipinski definition) is 4. The van der Waals surface area contributed by atoms with Gasteiger partial charge in [-0.15, -0.1) is 0 Å². The fourth-order valence-corrected chi connectivity index (χ4v) is 3.37. The van der Waals surface area contributed by atoms with E-state index in [1.54, 1.807) is 19.1 Å². The minimum atomic E-state index is -1.70. The first-order valence-corrected chi connectivity index (χ1v) is 8.25. The number of ketones is 1. The molecular weight excluding hydrogens is 304 g/mol. The second-order valence-electron chi connectivity index (χ2n) is 7.05. The van der Waals surface area contributed by atoms with Crippen LogP contribution in [0.4, 0.5) is 0 Å². The van der Waals surface area contributed by atoms with Crippen molar-refractivity contribution in [2.24, 2.45) is 11.8 Å². The fraction of sp³-hybridized carbons (Fsp3) is 0.450. The Balaban J connectivity index is 2.44. The molecule has 2 aliphatic carbocycles. The summed E-state index contributed by atoms with van der Waals surface area (Å²) in [6, 6.07) is 0. The second-order valence-corrected chi connectivity index (χ2v) is 7.05. The highest BCUT2D eigenvalue weighted by molar-refractivity contribution is 5.94. The predicted molar refractivity (Wildman–Crippen MR) is 94.5 cm³/mol. The summed E-state index contributed by atoms with van der Waals surface area (Å²) in [6.45, 7) is 11.0. The summed E-state index contributed by atoms with van der Waals surface area (Å²) < 4.78 is 0. The van der Waals surface area contributed by atoms with Crippen molar-refractivity contribution in [2.75, 3.05) is 0 Å². The van der Waals surface area contributed by atoms with E-state index in [2.05, 4.69) is 6.58 Å². The zero-order valence-electron chi connectivity index (χ0n) is 14.8. The quantitative estimate of drug-likeness (QED) is 0.664. The maximum absolute atomic E-state index is 11.9. The molecule has 2 aliphatic rings. The van der Waals surface area contributed by atoms with Gasteiger partial charge in [-0.05, 0) is 43.4 Å². The molecule has 0 spiro atoms. The number of Topliss-reactive ketones (excluding diaryl/α,β-unsaturated/α-hetero) is 1. The van der Waals surface area contributed by atoms with Gasteiger partial charge in [-0.2, -0.15) is 0 Å². The van der Waals surface area contributed by atoms with E-state index in [1.165, 1.54) is 0 Å². The van der Waals surface area contributed by atoms with Crippen molar-refractivity contribution >= 4 is 5.78 Å². The minimum absolute atomic E-state index is 0.00745. The van der Waals surface area contributed by atoms with E-state index in [0.29, 0.717) is 23.1 Å². The molecule has 4 nitrogen and oxygen atoms in total. The molecule has 0 saturated carbocycles. The second kappa shape index (κ2) is 6.44. The molecule has 0 fully saturated rings. The monoisotopic (exact) mass is 330 g/mol. The van der Waals surface area contributed by atoms with Crippen molar-refractivity contribution < 1.29 is 20.1 Å². The number of carbonyl (C=O) groups excluding carboxylic acids is 1. The molecule has 24 heavy (non-hydrogen) atoms. The molecular formula is C20H26O4. The van der Waals surface area contributed by atoms with Crippen LogP contribution in [0.1, 0.15) is 40.5 Å². The third-order valence-electron chi connectivity index (χ3n) is 4.95. The third kappa shape index (κ3) is 2.86. The van der Waals surface area contributed by atoms with Crippen molar-refractivity contribution in [3.8, 4) is 0 Å². The van der Waals surface area contributed by atoms with Gasteiger partial charge in [-0.1, -0.05) is 38.2 Å². The lowest BCUT2D eigenvalue weighted by atomic mass is 9.67. The summed E-state index contributed by atoms with van der Waals surface area (Å²) in [4.78, 5) is 11.9. The first kappa shape index (κ1) is 18.3.